The molecule has 0 aromatic heterocycles. The number of rotatable bonds is 4. The monoisotopic (exact) mass is 325 g/mol. The van der Waals surface area contributed by atoms with Crippen molar-refractivity contribution in [3.63, 3.8) is 0 Å². The number of aromatic hydroxyl groups is 1. The highest BCUT2D eigenvalue weighted by molar-refractivity contribution is 8.15. The van der Waals surface area contributed by atoms with Gasteiger partial charge in [0, 0.05) is 5.56 Å². The highest BCUT2D eigenvalue weighted by atomic mass is 32.2. The number of amides is 1. The quantitative estimate of drug-likeness (QED) is 0.670. The van der Waals surface area contributed by atoms with Gasteiger partial charge < -0.3 is 10.4 Å². The predicted octanol–water partition coefficient (Wildman–Crippen LogP) is 2.56. The van der Waals surface area contributed by atoms with Gasteiger partial charge in [0.1, 0.15) is 5.75 Å². The van der Waals surface area contributed by atoms with Gasteiger partial charge in [-0.2, -0.15) is 5.10 Å². The molecule has 0 saturated carbocycles. The van der Waals surface area contributed by atoms with Crippen LogP contribution in [0.15, 0.2) is 64.8 Å². The van der Waals surface area contributed by atoms with Gasteiger partial charge in [-0.05, 0) is 24.1 Å². The minimum absolute atomic E-state index is 0.0599. The lowest BCUT2D eigenvalue weighted by atomic mass is 10.1. The third kappa shape index (κ3) is 3.98. The summed E-state index contributed by atoms with van der Waals surface area (Å²) in [5.41, 5.74) is 1.69. The van der Waals surface area contributed by atoms with Gasteiger partial charge in [-0.15, -0.1) is 5.10 Å². The fourth-order valence-corrected chi connectivity index (χ4v) is 3.12. The van der Waals surface area contributed by atoms with Gasteiger partial charge in [-0.3, -0.25) is 4.79 Å². The summed E-state index contributed by atoms with van der Waals surface area (Å²) >= 11 is 1.37. The van der Waals surface area contributed by atoms with E-state index in [9.17, 15) is 9.90 Å². The Labute approximate surface area is 138 Å². The van der Waals surface area contributed by atoms with Crippen LogP contribution >= 0.6 is 11.8 Å². The number of phenolic OH excluding ortho intramolecular Hbond substituents is 1. The molecule has 3 rings (SSSR count). The van der Waals surface area contributed by atoms with Crippen LogP contribution in [0, 0.1) is 0 Å². The minimum Gasteiger partial charge on any atom is -0.507 e. The third-order valence-electron chi connectivity index (χ3n) is 3.32. The van der Waals surface area contributed by atoms with E-state index in [4.69, 9.17) is 0 Å². The molecule has 1 unspecified atom stereocenters. The minimum atomic E-state index is -0.198. The number of phenols is 1. The molecule has 2 N–H and O–H groups in total. The largest absolute Gasteiger partial charge is 0.507 e. The molecular weight excluding hydrogens is 310 g/mol. The summed E-state index contributed by atoms with van der Waals surface area (Å²) in [4.78, 5) is 12.0. The molecule has 2 aromatic rings. The third-order valence-corrected chi connectivity index (χ3v) is 4.39. The zero-order valence-corrected chi connectivity index (χ0v) is 13.0. The second-order valence-corrected chi connectivity index (χ2v) is 6.19. The van der Waals surface area contributed by atoms with E-state index in [2.05, 4.69) is 15.5 Å². The van der Waals surface area contributed by atoms with Crippen LogP contribution in [0.4, 0.5) is 0 Å². The lowest BCUT2D eigenvalue weighted by molar-refractivity contribution is -0.118. The molecule has 1 fully saturated rings. The highest BCUT2D eigenvalue weighted by Gasteiger charge is 2.30. The van der Waals surface area contributed by atoms with Gasteiger partial charge in [0.15, 0.2) is 5.17 Å². The maximum absolute atomic E-state index is 12.0. The molecule has 116 valence electrons. The average molecular weight is 325 g/mol. The van der Waals surface area contributed by atoms with Crippen LogP contribution in [0.1, 0.15) is 11.1 Å². The predicted molar refractivity (Wildman–Crippen MR) is 92.8 cm³/mol. The Balaban J connectivity index is 1.64. The first kappa shape index (κ1) is 15.3. The maximum Gasteiger partial charge on any atom is 0.239 e. The van der Waals surface area contributed by atoms with E-state index < -0.39 is 0 Å². The topological polar surface area (TPSA) is 74.0 Å². The summed E-state index contributed by atoms with van der Waals surface area (Å²) in [6.45, 7) is 0. The standard InChI is InChI=1S/C17H15N3O2S/c21-14-9-5-4-8-13(14)11-18-20-17-19-16(22)15(23-17)10-12-6-2-1-3-7-12/h1-9,11,15,21H,10H2,(H,19,20,22). The Bertz CT molecular complexity index is 759. The zero-order valence-electron chi connectivity index (χ0n) is 12.2. The molecule has 0 bridgehead atoms. The molecule has 2 aromatic carbocycles. The second kappa shape index (κ2) is 7.11. The van der Waals surface area contributed by atoms with Crippen molar-refractivity contribution in [2.75, 3.05) is 0 Å². The van der Waals surface area contributed by atoms with E-state index in [0.717, 1.165) is 5.56 Å². The first-order valence-electron chi connectivity index (χ1n) is 7.13. The van der Waals surface area contributed by atoms with Crippen LogP contribution in [0.25, 0.3) is 0 Å². The van der Waals surface area contributed by atoms with Crippen molar-refractivity contribution >= 4 is 29.1 Å². The van der Waals surface area contributed by atoms with Crippen LogP contribution in [-0.2, 0) is 11.2 Å². The molecule has 1 saturated heterocycles. The second-order valence-electron chi connectivity index (χ2n) is 4.99. The Hall–Kier alpha value is -2.60. The van der Waals surface area contributed by atoms with Crippen molar-refractivity contribution < 1.29 is 9.90 Å². The number of nitrogens with zero attached hydrogens (tertiary/aromatic N) is 2. The van der Waals surface area contributed by atoms with E-state index in [-0.39, 0.29) is 16.9 Å². The smallest absolute Gasteiger partial charge is 0.239 e. The van der Waals surface area contributed by atoms with Crippen molar-refractivity contribution in [2.24, 2.45) is 10.2 Å². The van der Waals surface area contributed by atoms with Gasteiger partial charge >= 0.3 is 0 Å². The van der Waals surface area contributed by atoms with Crippen LogP contribution in [0.3, 0.4) is 0 Å². The number of carbonyl (C=O) groups excluding carboxylic acids is 1. The summed E-state index contributed by atoms with van der Waals surface area (Å²) in [6, 6.07) is 16.7. The van der Waals surface area contributed by atoms with Crippen molar-refractivity contribution in [1.82, 2.24) is 5.32 Å². The number of carbonyl (C=O) groups is 1. The number of thioether (sulfide) groups is 1. The van der Waals surface area contributed by atoms with Crippen LogP contribution < -0.4 is 5.32 Å². The van der Waals surface area contributed by atoms with Gasteiger partial charge in [0.05, 0.1) is 11.5 Å². The number of nitrogens with one attached hydrogen (secondary N) is 1. The van der Waals surface area contributed by atoms with Gasteiger partial charge in [0.2, 0.25) is 5.91 Å². The Morgan fingerprint density at radius 3 is 2.65 bits per heavy atom. The number of hydrogen-bond acceptors (Lipinski definition) is 5. The fraction of sp³-hybridized carbons (Fsp3) is 0.118. The lowest BCUT2D eigenvalue weighted by Gasteiger charge is -2.04. The van der Waals surface area contributed by atoms with E-state index in [1.54, 1.807) is 24.3 Å². The SMILES string of the molecule is O=C1NC(=NN=Cc2ccccc2O)SC1Cc1ccccc1. The molecule has 0 spiro atoms. The molecule has 1 aliphatic heterocycles. The Kier molecular flexibility index (Phi) is 4.73. The number of para-hydroxylation sites is 1. The molecule has 1 aliphatic rings. The molecular formula is C17H15N3O2S. The van der Waals surface area contributed by atoms with Gasteiger partial charge in [-0.1, -0.05) is 54.2 Å². The van der Waals surface area contributed by atoms with Crippen LogP contribution in [0.5, 0.6) is 5.75 Å². The normalized spacial score (nSPS) is 19.4. The molecule has 0 aliphatic carbocycles. The maximum atomic E-state index is 12.0. The van der Waals surface area contributed by atoms with Crippen molar-refractivity contribution in [2.45, 2.75) is 11.7 Å². The van der Waals surface area contributed by atoms with E-state index >= 15 is 0 Å². The molecule has 0 radical (unpaired) electrons. The Morgan fingerprint density at radius 1 is 1.13 bits per heavy atom. The molecule has 1 amide bonds. The molecule has 23 heavy (non-hydrogen) atoms. The van der Waals surface area contributed by atoms with E-state index in [0.29, 0.717) is 17.2 Å². The average Bonchev–Trinajstić information content (AvgIpc) is 2.90. The molecule has 6 heteroatoms. The molecule has 1 atom stereocenters. The zero-order chi connectivity index (χ0) is 16.1. The van der Waals surface area contributed by atoms with Gasteiger partial charge in [0.25, 0.3) is 0 Å². The van der Waals surface area contributed by atoms with Crippen molar-refractivity contribution in [3.05, 3.63) is 65.7 Å². The number of hydrogen-bond donors (Lipinski definition) is 2. The summed E-state index contributed by atoms with van der Waals surface area (Å²) in [5, 5.41) is 20.6. The Morgan fingerprint density at radius 2 is 1.87 bits per heavy atom. The first-order valence-corrected chi connectivity index (χ1v) is 8.01. The summed E-state index contributed by atoms with van der Waals surface area (Å²) < 4.78 is 0. The molecule has 5 nitrogen and oxygen atoms in total. The van der Waals surface area contributed by atoms with Crippen LogP contribution in [-0.4, -0.2) is 27.6 Å². The lowest BCUT2D eigenvalue weighted by Crippen LogP contribution is -2.25. The first-order chi connectivity index (χ1) is 11.2. The number of amidine groups is 1. The van der Waals surface area contributed by atoms with Gasteiger partial charge in [-0.25, -0.2) is 0 Å². The summed E-state index contributed by atoms with van der Waals surface area (Å²) in [7, 11) is 0. The van der Waals surface area contributed by atoms with E-state index in [1.807, 2.05) is 30.3 Å². The van der Waals surface area contributed by atoms with Crippen molar-refractivity contribution in [1.29, 1.82) is 0 Å². The molecule has 1 heterocycles. The summed E-state index contributed by atoms with van der Waals surface area (Å²) in [5.74, 6) is 0.0804. The summed E-state index contributed by atoms with van der Waals surface area (Å²) in [6.07, 6.45) is 2.11. The number of benzene rings is 2. The highest BCUT2D eigenvalue weighted by Crippen LogP contribution is 2.23. The van der Waals surface area contributed by atoms with E-state index in [1.165, 1.54) is 18.0 Å². The van der Waals surface area contributed by atoms with Crippen LogP contribution in [0.2, 0.25) is 0 Å². The van der Waals surface area contributed by atoms with Crippen molar-refractivity contribution in [3.8, 4) is 5.75 Å². The fourth-order valence-electron chi connectivity index (χ4n) is 2.15.